The Morgan fingerprint density at radius 1 is 0.970 bits per heavy atom. The standard InChI is InChI=1S/C20H31N5O8/c21-15(26)7-5-13(20(32)33)24-17(29)11(6-8-16(27)28)23-18(30)14-4-2-10-25(14)19(31)12-3-1-9-22-12/h11-14,22H,1-10H2,(H2,21,26)(H,23,30)(H,24,29)(H,27,28)(H,32,33). The molecule has 0 spiro atoms. The number of amides is 4. The molecule has 0 aromatic carbocycles. The van der Waals surface area contributed by atoms with Crippen molar-refractivity contribution in [2.45, 2.75) is 75.5 Å². The zero-order valence-electron chi connectivity index (χ0n) is 18.2. The second-order valence-corrected chi connectivity index (χ2v) is 8.24. The van der Waals surface area contributed by atoms with Crippen molar-refractivity contribution in [1.82, 2.24) is 20.9 Å². The number of nitrogens with zero attached hydrogens (tertiary/aromatic N) is 1. The Hall–Kier alpha value is -3.22. The average Bonchev–Trinajstić information content (AvgIpc) is 3.44. The zero-order valence-corrected chi connectivity index (χ0v) is 18.2. The molecule has 0 saturated carbocycles. The van der Waals surface area contributed by atoms with E-state index in [1.165, 1.54) is 4.90 Å². The Morgan fingerprint density at radius 3 is 2.24 bits per heavy atom. The fourth-order valence-corrected chi connectivity index (χ4v) is 4.02. The van der Waals surface area contributed by atoms with Crippen LogP contribution in [-0.2, 0) is 28.8 Å². The molecule has 13 heteroatoms. The van der Waals surface area contributed by atoms with E-state index in [2.05, 4.69) is 16.0 Å². The van der Waals surface area contributed by atoms with Crippen molar-refractivity contribution in [3.8, 4) is 0 Å². The SMILES string of the molecule is NC(=O)CCC(NC(=O)C(CCC(=O)O)NC(=O)C1CCCN1C(=O)C1CCCN1)C(=O)O. The fourth-order valence-electron chi connectivity index (χ4n) is 4.02. The highest BCUT2D eigenvalue weighted by Crippen LogP contribution is 2.21. The molecular formula is C20H31N5O8. The molecular weight excluding hydrogens is 438 g/mol. The average molecular weight is 469 g/mol. The van der Waals surface area contributed by atoms with Crippen LogP contribution in [0.15, 0.2) is 0 Å². The zero-order chi connectivity index (χ0) is 24.5. The molecule has 4 atom stereocenters. The van der Waals surface area contributed by atoms with Crippen molar-refractivity contribution in [2.24, 2.45) is 5.73 Å². The van der Waals surface area contributed by atoms with Crippen molar-refractivity contribution in [3.63, 3.8) is 0 Å². The molecule has 2 saturated heterocycles. The first-order chi connectivity index (χ1) is 15.6. The lowest BCUT2D eigenvalue weighted by Gasteiger charge is -2.28. The number of hydrogen-bond donors (Lipinski definition) is 6. The number of carboxylic acid groups (broad SMARTS) is 2. The first-order valence-electron chi connectivity index (χ1n) is 11.0. The van der Waals surface area contributed by atoms with E-state index in [-0.39, 0.29) is 31.2 Å². The number of nitrogens with two attached hydrogens (primary N) is 1. The van der Waals surface area contributed by atoms with Gasteiger partial charge in [0.15, 0.2) is 0 Å². The van der Waals surface area contributed by atoms with Crippen LogP contribution in [0.1, 0.15) is 51.4 Å². The summed E-state index contributed by atoms with van der Waals surface area (Å²) in [5.41, 5.74) is 5.03. The molecule has 4 unspecified atom stereocenters. The number of nitrogens with one attached hydrogen (secondary N) is 3. The third kappa shape index (κ3) is 7.70. The summed E-state index contributed by atoms with van der Waals surface area (Å²) >= 11 is 0. The second-order valence-electron chi connectivity index (χ2n) is 8.24. The van der Waals surface area contributed by atoms with Gasteiger partial charge in [-0.05, 0) is 45.1 Å². The van der Waals surface area contributed by atoms with Gasteiger partial charge in [-0.25, -0.2) is 4.79 Å². The quantitative estimate of drug-likeness (QED) is 0.185. The maximum atomic E-state index is 12.9. The van der Waals surface area contributed by atoms with Crippen LogP contribution < -0.4 is 21.7 Å². The number of hydrogen-bond acceptors (Lipinski definition) is 7. The highest BCUT2D eigenvalue weighted by molar-refractivity contribution is 5.94. The highest BCUT2D eigenvalue weighted by Gasteiger charge is 2.39. The molecule has 0 aliphatic carbocycles. The second kappa shape index (κ2) is 12.1. The molecule has 0 aromatic heterocycles. The van der Waals surface area contributed by atoms with Crippen LogP contribution in [0.5, 0.6) is 0 Å². The monoisotopic (exact) mass is 469 g/mol. The van der Waals surface area contributed by atoms with E-state index in [0.717, 1.165) is 13.0 Å². The van der Waals surface area contributed by atoms with Crippen LogP contribution in [0.3, 0.4) is 0 Å². The Kier molecular flexibility index (Phi) is 9.57. The molecule has 33 heavy (non-hydrogen) atoms. The van der Waals surface area contributed by atoms with Gasteiger partial charge in [-0.1, -0.05) is 0 Å². The first kappa shape index (κ1) is 26.0. The molecule has 2 fully saturated rings. The number of primary amides is 1. The molecule has 0 radical (unpaired) electrons. The van der Waals surface area contributed by atoms with Gasteiger partial charge in [0.05, 0.1) is 6.04 Å². The maximum absolute atomic E-state index is 12.9. The van der Waals surface area contributed by atoms with Crippen LogP contribution in [0.2, 0.25) is 0 Å². The molecule has 184 valence electrons. The van der Waals surface area contributed by atoms with Gasteiger partial charge >= 0.3 is 11.9 Å². The number of likely N-dealkylation sites (tertiary alicyclic amines) is 1. The largest absolute Gasteiger partial charge is 0.481 e. The van der Waals surface area contributed by atoms with Crippen LogP contribution in [0, 0.1) is 0 Å². The van der Waals surface area contributed by atoms with Crippen LogP contribution in [-0.4, -0.2) is 87.9 Å². The molecule has 0 aromatic rings. The fraction of sp³-hybridized carbons (Fsp3) is 0.700. The van der Waals surface area contributed by atoms with Gasteiger partial charge in [0.1, 0.15) is 18.1 Å². The molecule has 0 bridgehead atoms. The Bertz CT molecular complexity index is 782. The van der Waals surface area contributed by atoms with E-state index < -0.39 is 54.2 Å². The number of carboxylic acids is 2. The highest BCUT2D eigenvalue weighted by atomic mass is 16.4. The normalized spacial score (nSPS) is 21.8. The number of aliphatic carboxylic acids is 2. The first-order valence-corrected chi connectivity index (χ1v) is 11.0. The van der Waals surface area contributed by atoms with Gasteiger partial charge in [0, 0.05) is 19.4 Å². The van der Waals surface area contributed by atoms with Crippen molar-refractivity contribution in [3.05, 3.63) is 0 Å². The van der Waals surface area contributed by atoms with Crippen LogP contribution in [0.4, 0.5) is 0 Å². The summed E-state index contributed by atoms with van der Waals surface area (Å²) in [7, 11) is 0. The van der Waals surface area contributed by atoms with E-state index in [1.807, 2.05) is 0 Å². The summed E-state index contributed by atoms with van der Waals surface area (Å²) in [5, 5.41) is 26.1. The van der Waals surface area contributed by atoms with Gasteiger partial charge in [-0.3, -0.25) is 24.0 Å². The van der Waals surface area contributed by atoms with Gasteiger partial charge in [0.2, 0.25) is 23.6 Å². The lowest BCUT2D eigenvalue weighted by molar-refractivity contribution is -0.144. The summed E-state index contributed by atoms with van der Waals surface area (Å²) in [6, 6.07) is -3.92. The lowest BCUT2D eigenvalue weighted by Crippen LogP contribution is -2.56. The van der Waals surface area contributed by atoms with Crippen molar-refractivity contribution < 1.29 is 39.0 Å². The molecule has 13 nitrogen and oxygen atoms in total. The maximum Gasteiger partial charge on any atom is 0.326 e. The summed E-state index contributed by atoms with van der Waals surface area (Å²) in [4.78, 5) is 73.3. The number of rotatable bonds is 12. The molecule has 2 aliphatic rings. The van der Waals surface area contributed by atoms with E-state index in [9.17, 15) is 33.9 Å². The third-order valence-corrected chi connectivity index (χ3v) is 5.77. The lowest BCUT2D eigenvalue weighted by atomic mass is 10.1. The summed E-state index contributed by atoms with van der Waals surface area (Å²) in [6.07, 6.45) is 1.28. The molecule has 2 heterocycles. The van der Waals surface area contributed by atoms with Crippen molar-refractivity contribution in [1.29, 1.82) is 0 Å². The van der Waals surface area contributed by atoms with Gasteiger partial charge in [0.25, 0.3) is 0 Å². The van der Waals surface area contributed by atoms with Crippen molar-refractivity contribution >= 4 is 35.6 Å². The molecule has 2 rings (SSSR count). The summed E-state index contributed by atoms with van der Waals surface area (Å²) < 4.78 is 0. The number of carbonyl (C=O) groups is 6. The predicted octanol–water partition coefficient (Wildman–Crippen LogP) is -2.09. The van der Waals surface area contributed by atoms with Gasteiger partial charge in [-0.2, -0.15) is 0 Å². The third-order valence-electron chi connectivity index (χ3n) is 5.77. The molecule has 2 aliphatic heterocycles. The van der Waals surface area contributed by atoms with E-state index >= 15 is 0 Å². The smallest absolute Gasteiger partial charge is 0.326 e. The van der Waals surface area contributed by atoms with Gasteiger partial charge < -0.3 is 36.8 Å². The van der Waals surface area contributed by atoms with Gasteiger partial charge in [-0.15, -0.1) is 0 Å². The molecule has 4 amide bonds. The van der Waals surface area contributed by atoms with Crippen molar-refractivity contribution in [2.75, 3.05) is 13.1 Å². The van der Waals surface area contributed by atoms with Crippen LogP contribution in [0.25, 0.3) is 0 Å². The molecule has 7 N–H and O–H groups in total. The van der Waals surface area contributed by atoms with E-state index in [4.69, 9.17) is 10.8 Å². The minimum Gasteiger partial charge on any atom is -0.481 e. The Morgan fingerprint density at radius 2 is 1.67 bits per heavy atom. The predicted molar refractivity (Wildman–Crippen MR) is 113 cm³/mol. The Balaban J connectivity index is 2.07. The summed E-state index contributed by atoms with van der Waals surface area (Å²) in [6.45, 7) is 1.12. The Labute approximate surface area is 190 Å². The van der Waals surface area contributed by atoms with E-state index in [1.54, 1.807) is 0 Å². The topological polar surface area (TPSA) is 208 Å². The minimum atomic E-state index is -1.44. The van der Waals surface area contributed by atoms with E-state index in [0.29, 0.717) is 25.8 Å². The summed E-state index contributed by atoms with van der Waals surface area (Å²) in [5.74, 6) is -5.02. The number of carbonyl (C=O) groups excluding carboxylic acids is 4. The van der Waals surface area contributed by atoms with Crippen LogP contribution >= 0.6 is 0 Å². The minimum absolute atomic E-state index is 0.186.